The lowest BCUT2D eigenvalue weighted by Crippen LogP contribution is -2.22. The molecule has 0 aliphatic heterocycles. The number of amides is 1. The van der Waals surface area contributed by atoms with Crippen LogP contribution in [0.5, 0.6) is 5.75 Å². The number of hydrogen-bond acceptors (Lipinski definition) is 5. The largest absolute Gasteiger partial charge is 0.497 e. The number of thioether (sulfide) groups is 1. The van der Waals surface area contributed by atoms with Gasteiger partial charge in [0.05, 0.1) is 12.4 Å². The lowest BCUT2D eigenvalue weighted by Gasteiger charge is -2.10. The van der Waals surface area contributed by atoms with Crippen LogP contribution in [0.4, 0.5) is 5.69 Å². The van der Waals surface area contributed by atoms with E-state index in [0.717, 1.165) is 23.4 Å². The SMILES string of the molecule is CCc1ccc(NC(=O)[C@H](C)Sc2n[nH]c(-c3ccc(OC)cc3)n2)cc1. The van der Waals surface area contributed by atoms with E-state index in [1.165, 1.54) is 17.3 Å². The quantitative estimate of drug-likeness (QED) is 0.600. The number of carbonyl (C=O) groups excluding carboxylic acids is 1. The summed E-state index contributed by atoms with van der Waals surface area (Å²) in [6, 6.07) is 15.4. The van der Waals surface area contributed by atoms with Crippen LogP contribution in [0, 0.1) is 0 Å². The highest BCUT2D eigenvalue weighted by Gasteiger charge is 2.17. The third-order valence-electron chi connectivity index (χ3n) is 4.11. The third kappa shape index (κ3) is 4.89. The molecule has 1 amide bonds. The van der Waals surface area contributed by atoms with Crippen molar-refractivity contribution in [3.05, 3.63) is 54.1 Å². The molecule has 7 heteroatoms. The van der Waals surface area contributed by atoms with Crippen LogP contribution in [0.25, 0.3) is 11.4 Å². The fraction of sp³-hybridized carbons (Fsp3) is 0.250. The fourth-order valence-electron chi connectivity index (χ4n) is 2.46. The molecule has 0 aliphatic rings. The molecule has 0 bridgehead atoms. The minimum atomic E-state index is -0.324. The lowest BCUT2D eigenvalue weighted by molar-refractivity contribution is -0.115. The summed E-state index contributed by atoms with van der Waals surface area (Å²) in [6.45, 7) is 3.94. The lowest BCUT2D eigenvalue weighted by atomic mass is 10.1. The van der Waals surface area contributed by atoms with Crippen molar-refractivity contribution in [1.29, 1.82) is 0 Å². The first-order chi connectivity index (χ1) is 13.1. The van der Waals surface area contributed by atoms with Crippen LogP contribution in [-0.2, 0) is 11.2 Å². The number of ether oxygens (including phenoxy) is 1. The van der Waals surface area contributed by atoms with Crippen molar-refractivity contribution in [3.8, 4) is 17.1 Å². The number of anilines is 1. The van der Waals surface area contributed by atoms with Gasteiger partial charge in [-0.15, -0.1) is 5.10 Å². The highest BCUT2D eigenvalue weighted by Crippen LogP contribution is 2.24. The maximum atomic E-state index is 12.4. The Morgan fingerprint density at radius 3 is 2.52 bits per heavy atom. The Labute approximate surface area is 162 Å². The maximum absolute atomic E-state index is 12.4. The first-order valence-corrected chi connectivity index (χ1v) is 9.60. The summed E-state index contributed by atoms with van der Waals surface area (Å²) in [5.74, 6) is 1.35. The Balaban J connectivity index is 1.60. The first-order valence-electron chi connectivity index (χ1n) is 8.72. The molecule has 3 aromatic rings. The Hall–Kier alpha value is -2.80. The number of hydrogen-bond donors (Lipinski definition) is 2. The van der Waals surface area contributed by atoms with Crippen molar-refractivity contribution in [3.63, 3.8) is 0 Å². The molecule has 0 saturated carbocycles. The van der Waals surface area contributed by atoms with E-state index in [1.807, 2.05) is 55.5 Å². The van der Waals surface area contributed by atoms with Crippen LogP contribution < -0.4 is 10.1 Å². The van der Waals surface area contributed by atoms with Crippen LogP contribution in [0.1, 0.15) is 19.4 Å². The van der Waals surface area contributed by atoms with Crippen molar-refractivity contribution < 1.29 is 9.53 Å². The molecular weight excluding hydrogens is 360 g/mol. The summed E-state index contributed by atoms with van der Waals surface area (Å²) in [5.41, 5.74) is 2.93. The summed E-state index contributed by atoms with van der Waals surface area (Å²) in [6.07, 6.45) is 0.974. The topological polar surface area (TPSA) is 79.9 Å². The minimum absolute atomic E-state index is 0.0833. The van der Waals surface area contributed by atoms with Gasteiger partial charge in [-0.3, -0.25) is 9.89 Å². The van der Waals surface area contributed by atoms with Gasteiger partial charge in [-0.25, -0.2) is 4.98 Å². The van der Waals surface area contributed by atoms with Crippen molar-refractivity contribution in [2.24, 2.45) is 0 Å². The average Bonchev–Trinajstić information content (AvgIpc) is 3.17. The Kier molecular flexibility index (Phi) is 6.13. The molecule has 0 radical (unpaired) electrons. The van der Waals surface area contributed by atoms with Crippen molar-refractivity contribution in [1.82, 2.24) is 15.2 Å². The van der Waals surface area contributed by atoms with Crippen LogP contribution in [-0.4, -0.2) is 33.4 Å². The van der Waals surface area contributed by atoms with Crippen LogP contribution >= 0.6 is 11.8 Å². The van der Waals surface area contributed by atoms with Crippen molar-refractivity contribution in [2.45, 2.75) is 30.7 Å². The van der Waals surface area contributed by atoms with Gasteiger partial charge in [0.15, 0.2) is 5.82 Å². The van der Waals surface area contributed by atoms with E-state index in [0.29, 0.717) is 11.0 Å². The predicted molar refractivity (Wildman–Crippen MR) is 108 cm³/mol. The van der Waals surface area contributed by atoms with Crippen LogP contribution in [0.2, 0.25) is 0 Å². The van der Waals surface area contributed by atoms with E-state index in [9.17, 15) is 4.79 Å². The van der Waals surface area contributed by atoms with Crippen LogP contribution in [0.15, 0.2) is 53.7 Å². The van der Waals surface area contributed by atoms with Crippen molar-refractivity contribution in [2.75, 3.05) is 12.4 Å². The number of methoxy groups -OCH3 is 1. The molecule has 2 aromatic carbocycles. The van der Waals surface area contributed by atoms with E-state index >= 15 is 0 Å². The number of aryl methyl sites for hydroxylation is 1. The number of aromatic amines is 1. The van der Waals surface area contributed by atoms with Crippen LogP contribution in [0.3, 0.4) is 0 Å². The highest BCUT2D eigenvalue weighted by atomic mass is 32.2. The first kappa shape index (κ1) is 19.0. The van der Waals surface area contributed by atoms with Gasteiger partial charge in [-0.05, 0) is 55.3 Å². The number of aromatic nitrogens is 3. The van der Waals surface area contributed by atoms with Gasteiger partial charge in [-0.2, -0.15) is 0 Å². The molecular formula is C20H22N4O2S. The number of H-pyrrole nitrogens is 1. The van der Waals surface area contributed by atoms with Gasteiger partial charge in [-0.1, -0.05) is 30.8 Å². The molecule has 3 rings (SSSR count). The molecule has 0 unspecified atom stereocenters. The molecule has 0 saturated heterocycles. The van der Waals surface area contributed by atoms with E-state index in [1.54, 1.807) is 7.11 Å². The van der Waals surface area contributed by atoms with Gasteiger partial charge >= 0.3 is 0 Å². The van der Waals surface area contributed by atoms with Crippen molar-refractivity contribution >= 4 is 23.4 Å². The standard InChI is InChI=1S/C20H22N4O2S/c1-4-14-5-9-16(10-6-14)21-19(25)13(2)27-20-22-18(23-24-20)15-7-11-17(26-3)12-8-15/h5-13H,4H2,1-3H3,(H,21,25)(H,22,23,24)/t13-/m0/s1. The summed E-state index contributed by atoms with van der Waals surface area (Å²) in [5, 5.41) is 10.2. The number of rotatable bonds is 7. The summed E-state index contributed by atoms with van der Waals surface area (Å²) in [4.78, 5) is 16.9. The van der Waals surface area contributed by atoms with E-state index in [4.69, 9.17) is 4.74 Å². The molecule has 2 N–H and O–H groups in total. The molecule has 0 aliphatic carbocycles. The smallest absolute Gasteiger partial charge is 0.237 e. The van der Waals surface area contributed by atoms with E-state index in [-0.39, 0.29) is 11.2 Å². The molecule has 27 heavy (non-hydrogen) atoms. The predicted octanol–water partition coefficient (Wildman–Crippen LogP) is 4.16. The highest BCUT2D eigenvalue weighted by molar-refractivity contribution is 8.00. The molecule has 140 valence electrons. The van der Waals surface area contributed by atoms with Gasteiger partial charge in [0, 0.05) is 11.3 Å². The Morgan fingerprint density at radius 2 is 1.89 bits per heavy atom. The summed E-state index contributed by atoms with van der Waals surface area (Å²) >= 11 is 1.31. The number of nitrogens with one attached hydrogen (secondary N) is 2. The third-order valence-corrected chi connectivity index (χ3v) is 5.07. The second-order valence-electron chi connectivity index (χ2n) is 5.99. The van der Waals surface area contributed by atoms with E-state index < -0.39 is 0 Å². The monoisotopic (exact) mass is 382 g/mol. The Morgan fingerprint density at radius 1 is 1.19 bits per heavy atom. The zero-order chi connectivity index (χ0) is 19.2. The molecule has 1 heterocycles. The average molecular weight is 382 g/mol. The summed E-state index contributed by atoms with van der Waals surface area (Å²) in [7, 11) is 1.63. The van der Waals surface area contributed by atoms with Gasteiger partial charge in [0.1, 0.15) is 5.75 Å². The summed E-state index contributed by atoms with van der Waals surface area (Å²) < 4.78 is 5.16. The van der Waals surface area contributed by atoms with Gasteiger partial charge in [0.25, 0.3) is 0 Å². The normalized spacial score (nSPS) is 11.8. The zero-order valence-electron chi connectivity index (χ0n) is 15.5. The number of benzene rings is 2. The number of carbonyl (C=O) groups is 1. The van der Waals surface area contributed by atoms with Gasteiger partial charge in [0.2, 0.25) is 11.1 Å². The zero-order valence-corrected chi connectivity index (χ0v) is 16.3. The minimum Gasteiger partial charge on any atom is -0.497 e. The van der Waals surface area contributed by atoms with E-state index in [2.05, 4.69) is 27.4 Å². The second-order valence-corrected chi connectivity index (χ2v) is 7.30. The fourth-order valence-corrected chi connectivity index (χ4v) is 3.18. The second kappa shape index (κ2) is 8.73. The molecule has 1 atom stereocenters. The molecule has 6 nitrogen and oxygen atoms in total. The Bertz CT molecular complexity index is 891. The maximum Gasteiger partial charge on any atom is 0.237 e. The molecule has 0 fully saturated rings. The van der Waals surface area contributed by atoms with Gasteiger partial charge < -0.3 is 10.1 Å². The molecule has 0 spiro atoms. The molecule has 1 aromatic heterocycles. The number of nitrogens with zero attached hydrogens (tertiary/aromatic N) is 2.